The van der Waals surface area contributed by atoms with Gasteiger partial charge in [-0.15, -0.1) is 11.3 Å². The lowest BCUT2D eigenvalue weighted by molar-refractivity contribution is 0.441. The number of hydrogen-bond donors (Lipinski definition) is 1. The molecule has 0 atom stereocenters. The molecule has 1 aliphatic rings. The van der Waals surface area contributed by atoms with Gasteiger partial charge in [-0.05, 0) is 49.0 Å². The molecule has 0 fully saturated rings. The molecule has 3 aromatic rings. The Bertz CT molecular complexity index is 1060. The number of aromatic nitrogens is 1. The highest BCUT2D eigenvalue weighted by Gasteiger charge is 2.16. The number of hydrogen-bond acceptors (Lipinski definition) is 4. The summed E-state index contributed by atoms with van der Waals surface area (Å²) in [6.07, 6.45) is 3.77. The molecule has 0 saturated carbocycles. The molecule has 2 aromatic carbocycles. The van der Waals surface area contributed by atoms with Crippen molar-refractivity contribution in [3.8, 4) is 11.6 Å². The molecule has 0 aliphatic carbocycles. The minimum Gasteiger partial charge on any atom is -0.493 e. The van der Waals surface area contributed by atoms with Crippen LogP contribution in [0.1, 0.15) is 16.0 Å². The first kappa shape index (κ1) is 15.1. The number of para-hydroxylation sites is 1. The quantitative estimate of drug-likeness (QED) is 0.616. The monoisotopic (exact) mass is 350 g/mol. The molecule has 1 N–H and O–H groups in total. The van der Waals surface area contributed by atoms with Gasteiger partial charge < -0.3 is 5.11 Å². The number of aryl methyl sites for hydroxylation is 1. The van der Waals surface area contributed by atoms with E-state index in [9.17, 15) is 5.11 Å². The second-order valence-electron chi connectivity index (χ2n) is 5.61. The maximum atomic E-state index is 10.7. The molecule has 3 nitrogen and oxygen atoms in total. The van der Waals surface area contributed by atoms with E-state index in [1.807, 2.05) is 67.7 Å². The summed E-state index contributed by atoms with van der Waals surface area (Å²) in [7, 11) is 0. The molecule has 0 unspecified atom stereocenters. The summed E-state index contributed by atoms with van der Waals surface area (Å²) in [5, 5.41) is 10.7. The molecule has 0 amide bonds. The highest BCUT2D eigenvalue weighted by molar-refractivity contribution is 7.73. The zero-order valence-corrected chi connectivity index (χ0v) is 14.6. The van der Waals surface area contributed by atoms with Crippen LogP contribution in [0.15, 0.2) is 53.5 Å². The fourth-order valence-electron chi connectivity index (χ4n) is 2.77. The SMILES string of the molecule is Cc1cccc(-n2c(O)c(/C=C3\C=Nc4ccccc43)sc2=S)c1. The van der Waals surface area contributed by atoms with E-state index in [1.54, 1.807) is 4.57 Å². The Morgan fingerprint density at radius 2 is 2.00 bits per heavy atom. The topological polar surface area (TPSA) is 37.5 Å². The average molecular weight is 350 g/mol. The van der Waals surface area contributed by atoms with Crippen molar-refractivity contribution in [2.45, 2.75) is 6.92 Å². The normalized spacial score (nSPS) is 14.3. The Hall–Kier alpha value is -2.50. The van der Waals surface area contributed by atoms with Gasteiger partial charge in [-0.1, -0.05) is 30.3 Å². The maximum absolute atomic E-state index is 10.7. The van der Waals surface area contributed by atoms with Crippen molar-refractivity contribution in [3.63, 3.8) is 0 Å². The smallest absolute Gasteiger partial charge is 0.215 e. The third-order valence-electron chi connectivity index (χ3n) is 3.92. The summed E-state index contributed by atoms with van der Waals surface area (Å²) in [5.74, 6) is 0.167. The first-order chi connectivity index (χ1) is 11.6. The van der Waals surface area contributed by atoms with Gasteiger partial charge >= 0.3 is 0 Å². The number of aromatic hydroxyl groups is 1. The van der Waals surface area contributed by atoms with Gasteiger partial charge in [0.1, 0.15) is 0 Å². The standard InChI is InChI=1S/C19H14N2OS2/c1-12-5-4-6-14(9-12)21-18(22)17(24-19(21)23)10-13-11-20-16-8-3-2-7-15(13)16/h2-11,22H,1H3/b13-10+. The maximum Gasteiger partial charge on any atom is 0.215 e. The van der Waals surface area contributed by atoms with E-state index < -0.39 is 0 Å². The Morgan fingerprint density at radius 1 is 1.17 bits per heavy atom. The van der Waals surface area contributed by atoms with Crippen LogP contribution in [0.25, 0.3) is 17.3 Å². The van der Waals surface area contributed by atoms with Crippen LogP contribution < -0.4 is 0 Å². The predicted octanol–water partition coefficient (Wildman–Crippen LogP) is 5.54. The van der Waals surface area contributed by atoms with Gasteiger partial charge in [0.2, 0.25) is 5.88 Å². The van der Waals surface area contributed by atoms with Gasteiger partial charge in [0.05, 0.1) is 16.3 Å². The molecule has 0 spiro atoms. The third kappa shape index (κ3) is 2.52. The van der Waals surface area contributed by atoms with Gasteiger partial charge in [0.15, 0.2) is 3.95 Å². The van der Waals surface area contributed by atoms with Crippen molar-refractivity contribution in [3.05, 3.63) is 68.5 Å². The van der Waals surface area contributed by atoms with Crippen LogP contribution >= 0.6 is 23.6 Å². The summed E-state index contributed by atoms with van der Waals surface area (Å²) >= 11 is 6.86. The number of thiazole rings is 1. The van der Waals surface area contributed by atoms with Crippen LogP contribution in [0.4, 0.5) is 5.69 Å². The number of nitrogens with zero attached hydrogens (tertiary/aromatic N) is 2. The zero-order chi connectivity index (χ0) is 16.7. The van der Waals surface area contributed by atoms with E-state index in [0.717, 1.165) is 33.0 Å². The van der Waals surface area contributed by atoms with E-state index >= 15 is 0 Å². The van der Waals surface area contributed by atoms with E-state index in [-0.39, 0.29) is 5.88 Å². The molecule has 0 radical (unpaired) electrons. The number of aliphatic imine (C=N–C) groups is 1. The Labute approximate surface area is 148 Å². The van der Waals surface area contributed by atoms with Gasteiger partial charge in [0, 0.05) is 17.4 Å². The summed E-state index contributed by atoms with van der Waals surface area (Å²) in [4.78, 5) is 5.14. The fraction of sp³-hybridized carbons (Fsp3) is 0.0526. The average Bonchev–Trinajstić information content (AvgIpc) is 3.09. The minimum absolute atomic E-state index is 0.167. The van der Waals surface area contributed by atoms with E-state index in [1.165, 1.54) is 11.3 Å². The molecule has 118 valence electrons. The molecular weight excluding hydrogens is 336 g/mol. The van der Waals surface area contributed by atoms with Crippen LogP contribution in [-0.2, 0) is 0 Å². The lowest BCUT2D eigenvalue weighted by Crippen LogP contribution is -1.93. The number of benzene rings is 2. The van der Waals surface area contributed by atoms with Crippen molar-refractivity contribution in [2.75, 3.05) is 0 Å². The number of rotatable bonds is 2. The predicted molar refractivity (Wildman–Crippen MR) is 103 cm³/mol. The highest BCUT2D eigenvalue weighted by Crippen LogP contribution is 2.36. The fourth-order valence-corrected chi connectivity index (χ4v) is 4.07. The van der Waals surface area contributed by atoms with Crippen molar-refractivity contribution in [1.82, 2.24) is 4.57 Å². The minimum atomic E-state index is 0.167. The summed E-state index contributed by atoms with van der Waals surface area (Å²) in [6.45, 7) is 2.02. The number of allylic oxidation sites excluding steroid dienone is 1. The summed E-state index contributed by atoms with van der Waals surface area (Å²) < 4.78 is 2.32. The Morgan fingerprint density at radius 3 is 2.83 bits per heavy atom. The molecule has 0 bridgehead atoms. The molecule has 1 aliphatic heterocycles. The van der Waals surface area contributed by atoms with Crippen LogP contribution in [0.3, 0.4) is 0 Å². The molecule has 24 heavy (non-hydrogen) atoms. The van der Waals surface area contributed by atoms with E-state index in [4.69, 9.17) is 12.2 Å². The molecule has 1 aromatic heterocycles. The lowest BCUT2D eigenvalue weighted by atomic mass is 10.1. The van der Waals surface area contributed by atoms with Gasteiger partial charge in [0.25, 0.3) is 0 Å². The summed E-state index contributed by atoms with van der Waals surface area (Å²) in [6, 6.07) is 15.9. The third-order valence-corrected chi connectivity index (χ3v) is 5.23. The van der Waals surface area contributed by atoms with Gasteiger partial charge in [-0.2, -0.15) is 0 Å². The van der Waals surface area contributed by atoms with Crippen molar-refractivity contribution in [1.29, 1.82) is 0 Å². The molecule has 4 rings (SSSR count). The van der Waals surface area contributed by atoms with Crippen molar-refractivity contribution < 1.29 is 5.11 Å². The van der Waals surface area contributed by atoms with Crippen LogP contribution in [0, 0.1) is 10.9 Å². The molecule has 5 heteroatoms. The zero-order valence-electron chi connectivity index (χ0n) is 12.9. The molecule has 0 saturated heterocycles. The Balaban J connectivity index is 1.83. The van der Waals surface area contributed by atoms with Crippen LogP contribution in [0.2, 0.25) is 0 Å². The van der Waals surface area contributed by atoms with E-state index in [2.05, 4.69) is 4.99 Å². The lowest BCUT2D eigenvalue weighted by Gasteiger charge is -2.05. The molecule has 2 heterocycles. The summed E-state index contributed by atoms with van der Waals surface area (Å²) in [5.41, 5.74) is 4.99. The van der Waals surface area contributed by atoms with Gasteiger partial charge in [-0.3, -0.25) is 9.56 Å². The number of fused-ring (bicyclic) bond motifs is 1. The van der Waals surface area contributed by atoms with Crippen molar-refractivity contribution >= 4 is 47.1 Å². The highest BCUT2D eigenvalue weighted by atomic mass is 32.1. The second-order valence-corrected chi connectivity index (χ2v) is 7.28. The molecular formula is C19H14N2OS2. The van der Waals surface area contributed by atoms with Gasteiger partial charge in [-0.25, -0.2) is 0 Å². The van der Waals surface area contributed by atoms with E-state index in [0.29, 0.717) is 3.95 Å². The first-order valence-electron chi connectivity index (χ1n) is 7.50. The van der Waals surface area contributed by atoms with Crippen LogP contribution in [0.5, 0.6) is 5.88 Å². The largest absolute Gasteiger partial charge is 0.493 e. The second kappa shape index (κ2) is 5.85. The van der Waals surface area contributed by atoms with Crippen molar-refractivity contribution in [2.24, 2.45) is 4.99 Å². The van der Waals surface area contributed by atoms with Crippen LogP contribution in [-0.4, -0.2) is 15.9 Å². The first-order valence-corrected chi connectivity index (χ1v) is 8.73. The Kier molecular flexibility index (Phi) is 3.67.